The lowest BCUT2D eigenvalue weighted by molar-refractivity contribution is 0.866. The lowest BCUT2D eigenvalue weighted by atomic mass is 10.1. The average molecular weight is 379 g/mol. The summed E-state index contributed by atoms with van der Waals surface area (Å²) in [6.07, 6.45) is 3.78. The zero-order valence-corrected chi connectivity index (χ0v) is 16.5. The normalized spacial score (nSPS) is 10.5. The van der Waals surface area contributed by atoms with Crippen LogP contribution in [0.4, 0.5) is 5.69 Å². The molecular weight excluding hydrogens is 358 g/mol. The molecule has 2 aromatic carbocycles. The van der Waals surface area contributed by atoms with Crippen LogP contribution in [0.5, 0.6) is 0 Å². The fourth-order valence-corrected chi connectivity index (χ4v) is 3.09. The van der Waals surface area contributed by atoms with E-state index in [4.69, 9.17) is 0 Å². The van der Waals surface area contributed by atoms with Gasteiger partial charge in [0.2, 0.25) is 0 Å². The van der Waals surface area contributed by atoms with Crippen molar-refractivity contribution >= 4 is 17.8 Å². The van der Waals surface area contributed by atoms with Gasteiger partial charge >= 0.3 is 0 Å². The first-order chi connectivity index (χ1) is 14.2. The Balaban J connectivity index is 2.00. The Labute approximate surface area is 171 Å². The second-order valence-corrected chi connectivity index (χ2v) is 6.34. The zero-order chi connectivity index (χ0) is 20.6. The first kappa shape index (κ1) is 19.8. The van der Waals surface area contributed by atoms with Gasteiger partial charge < -0.3 is 4.90 Å². The van der Waals surface area contributed by atoms with Gasteiger partial charge in [0.15, 0.2) is 11.4 Å². The number of hydrogen-bond acceptors (Lipinski definition) is 5. The van der Waals surface area contributed by atoms with Gasteiger partial charge in [0.05, 0.1) is 11.4 Å². The Morgan fingerprint density at radius 3 is 2.03 bits per heavy atom. The molecule has 0 aliphatic rings. The number of rotatable bonds is 6. The molecule has 3 rings (SSSR count). The number of anilines is 1. The third kappa shape index (κ3) is 4.48. The smallest absolute Gasteiger partial charge is 0.177 e. The maximum absolute atomic E-state index is 9.32. The maximum atomic E-state index is 9.32. The number of aromatic nitrogens is 2. The van der Waals surface area contributed by atoms with Crippen molar-refractivity contribution in [3.8, 4) is 23.4 Å². The first-order valence-electron chi connectivity index (χ1n) is 9.50. The summed E-state index contributed by atoms with van der Waals surface area (Å²) in [6.45, 7) is 6.20. The van der Waals surface area contributed by atoms with Crippen molar-refractivity contribution in [1.82, 2.24) is 9.97 Å². The molecule has 1 heterocycles. The summed E-state index contributed by atoms with van der Waals surface area (Å²) in [5.74, 6) is 0. The van der Waals surface area contributed by atoms with Gasteiger partial charge in [-0.2, -0.15) is 10.5 Å². The topological polar surface area (TPSA) is 76.6 Å². The van der Waals surface area contributed by atoms with Gasteiger partial charge in [0, 0.05) is 24.3 Å². The van der Waals surface area contributed by atoms with Crippen LogP contribution >= 0.6 is 0 Å². The summed E-state index contributed by atoms with van der Waals surface area (Å²) in [7, 11) is 0. The van der Waals surface area contributed by atoms with E-state index in [0.29, 0.717) is 11.4 Å². The second-order valence-electron chi connectivity index (χ2n) is 6.34. The SMILES string of the molecule is CCN(CC)c1ccc(/C=C/c2nc(C#N)c(C#N)nc2-c2ccccc2)cc1. The van der Waals surface area contributed by atoms with Gasteiger partial charge in [-0.3, -0.25) is 0 Å². The van der Waals surface area contributed by atoms with Crippen LogP contribution in [0.1, 0.15) is 36.5 Å². The molecule has 0 saturated carbocycles. The summed E-state index contributed by atoms with van der Waals surface area (Å²) in [5.41, 5.74) is 4.25. The summed E-state index contributed by atoms with van der Waals surface area (Å²) >= 11 is 0. The molecule has 0 N–H and O–H groups in total. The minimum atomic E-state index is 0.0312. The van der Waals surface area contributed by atoms with Crippen LogP contribution in [0.2, 0.25) is 0 Å². The van der Waals surface area contributed by atoms with E-state index in [1.165, 1.54) is 5.69 Å². The second kappa shape index (κ2) is 9.30. The predicted molar refractivity (Wildman–Crippen MR) is 116 cm³/mol. The van der Waals surface area contributed by atoms with Gasteiger partial charge in [-0.15, -0.1) is 0 Å². The zero-order valence-electron chi connectivity index (χ0n) is 16.5. The Bertz CT molecular complexity index is 1080. The van der Waals surface area contributed by atoms with E-state index < -0.39 is 0 Å². The molecule has 0 saturated heterocycles. The highest BCUT2D eigenvalue weighted by atomic mass is 15.1. The molecule has 3 aromatic rings. The summed E-state index contributed by atoms with van der Waals surface area (Å²) in [6, 6.07) is 21.8. The van der Waals surface area contributed by atoms with Crippen LogP contribution in [0.3, 0.4) is 0 Å². The van der Waals surface area contributed by atoms with Crippen LogP contribution < -0.4 is 4.90 Å². The van der Waals surface area contributed by atoms with Crippen LogP contribution in [0.15, 0.2) is 54.6 Å². The van der Waals surface area contributed by atoms with E-state index in [1.54, 1.807) is 0 Å². The van der Waals surface area contributed by atoms with E-state index in [2.05, 4.69) is 53.0 Å². The summed E-state index contributed by atoms with van der Waals surface area (Å²) < 4.78 is 0. The first-order valence-corrected chi connectivity index (χ1v) is 9.50. The van der Waals surface area contributed by atoms with E-state index in [9.17, 15) is 10.5 Å². The van der Waals surface area contributed by atoms with Crippen molar-refractivity contribution in [2.24, 2.45) is 0 Å². The highest BCUT2D eigenvalue weighted by Gasteiger charge is 2.13. The highest BCUT2D eigenvalue weighted by molar-refractivity contribution is 5.78. The number of benzene rings is 2. The molecule has 142 valence electrons. The van der Waals surface area contributed by atoms with Crippen molar-refractivity contribution in [2.75, 3.05) is 18.0 Å². The van der Waals surface area contributed by atoms with E-state index in [0.717, 1.165) is 24.2 Å². The fourth-order valence-electron chi connectivity index (χ4n) is 3.09. The Kier molecular flexibility index (Phi) is 6.35. The van der Waals surface area contributed by atoms with Gasteiger partial charge in [-0.05, 0) is 37.6 Å². The lowest BCUT2D eigenvalue weighted by Gasteiger charge is -2.20. The van der Waals surface area contributed by atoms with E-state index in [1.807, 2.05) is 54.6 Å². The predicted octanol–water partition coefficient (Wildman–Crippen LogP) is 4.90. The van der Waals surface area contributed by atoms with E-state index >= 15 is 0 Å². The van der Waals surface area contributed by atoms with Gasteiger partial charge in [0.25, 0.3) is 0 Å². The van der Waals surface area contributed by atoms with Crippen LogP contribution in [-0.2, 0) is 0 Å². The van der Waals surface area contributed by atoms with Gasteiger partial charge in [0.1, 0.15) is 12.1 Å². The molecule has 5 nitrogen and oxygen atoms in total. The monoisotopic (exact) mass is 379 g/mol. The molecule has 0 fully saturated rings. The molecule has 0 spiro atoms. The minimum absolute atomic E-state index is 0.0312. The van der Waals surface area contributed by atoms with Gasteiger partial charge in [-0.1, -0.05) is 48.5 Å². The summed E-state index contributed by atoms with van der Waals surface area (Å²) in [5, 5.41) is 18.6. The molecule has 1 aromatic heterocycles. The average Bonchev–Trinajstić information content (AvgIpc) is 2.79. The van der Waals surface area contributed by atoms with E-state index in [-0.39, 0.29) is 11.4 Å². The Morgan fingerprint density at radius 1 is 0.828 bits per heavy atom. The quantitative estimate of drug-likeness (QED) is 0.608. The number of hydrogen-bond donors (Lipinski definition) is 0. The van der Waals surface area contributed by atoms with Crippen molar-refractivity contribution in [3.63, 3.8) is 0 Å². The highest BCUT2D eigenvalue weighted by Crippen LogP contribution is 2.24. The summed E-state index contributed by atoms with van der Waals surface area (Å²) in [4.78, 5) is 11.1. The fraction of sp³-hybridized carbons (Fsp3) is 0.167. The molecule has 0 atom stereocenters. The van der Waals surface area contributed by atoms with Crippen LogP contribution in [-0.4, -0.2) is 23.1 Å². The third-order valence-electron chi connectivity index (χ3n) is 4.64. The number of nitriles is 2. The third-order valence-corrected chi connectivity index (χ3v) is 4.64. The van der Waals surface area contributed by atoms with Crippen LogP contribution in [0.25, 0.3) is 23.4 Å². The van der Waals surface area contributed by atoms with Crippen molar-refractivity contribution in [1.29, 1.82) is 10.5 Å². The van der Waals surface area contributed by atoms with Crippen molar-refractivity contribution in [3.05, 3.63) is 77.2 Å². The molecule has 0 aliphatic heterocycles. The molecular formula is C24H21N5. The van der Waals surface area contributed by atoms with Gasteiger partial charge in [-0.25, -0.2) is 9.97 Å². The van der Waals surface area contributed by atoms with Crippen LogP contribution in [0, 0.1) is 22.7 Å². The molecule has 0 amide bonds. The molecule has 0 aliphatic carbocycles. The van der Waals surface area contributed by atoms with Crippen molar-refractivity contribution < 1.29 is 0 Å². The Hall–Kier alpha value is -3.96. The molecule has 29 heavy (non-hydrogen) atoms. The number of nitrogens with zero attached hydrogens (tertiary/aromatic N) is 5. The minimum Gasteiger partial charge on any atom is -0.372 e. The lowest BCUT2D eigenvalue weighted by Crippen LogP contribution is -2.21. The molecule has 0 radical (unpaired) electrons. The standard InChI is InChI=1S/C24H21N5/c1-3-29(4-2)20-13-10-18(11-14-20)12-15-21-24(19-8-6-5-7-9-19)28-23(17-26)22(16-25)27-21/h5-15H,3-4H2,1-2H3/b15-12+. The van der Waals surface area contributed by atoms with Crippen molar-refractivity contribution in [2.45, 2.75) is 13.8 Å². The Morgan fingerprint density at radius 2 is 1.45 bits per heavy atom. The largest absolute Gasteiger partial charge is 0.372 e. The maximum Gasteiger partial charge on any atom is 0.177 e. The molecule has 0 unspecified atom stereocenters. The molecule has 0 bridgehead atoms. The molecule has 5 heteroatoms.